The van der Waals surface area contributed by atoms with Gasteiger partial charge in [0.2, 0.25) is 0 Å². The smallest absolute Gasteiger partial charge is 0.150 e. The topological polar surface area (TPSA) is 72.0 Å². The number of benzene rings is 1. The van der Waals surface area contributed by atoms with Gasteiger partial charge >= 0.3 is 0 Å². The second-order valence-corrected chi connectivity index (χ2v) is 8.32. The lowest BCUT2D eigenvalue weighted by molar-refractivity contribution is 0.333. The van der Waals surface area contributed by atoms with Gasteiger partial charge in [-0.25, -0.2) is 13.4 Å². The molecule has 0 bridgehead atoms. The van der Waals surface area contributed by atoms with E-state index in [1.165, 1.54) is 6.26 Å². The fourth-order valence-electron chi connectivity index (χ4n) is 2.51. The van der Waals surface area contributed by atoms with Gasteiger partial charge in [0.05, 0.1) is 22.5 Å². The predicted molar refractivity (Wildman–Crippen MR) is 84.4 cm³/mol. The number of nitrogens with zero attached hydrogens (tertiary/aromatic N) is 2. The van der Waals surface area contributed by atoms with E-state index in [1.54, 1.807) is 18.3 Å². The van der Waals surface area contributed by atoms with Crippen LogP contribution in [0.2, 0.25) is 5.02 Å². The molecule has 0 aliphatic heterocycles. The van der Waals surface area contributed by atoms with Crippen molar-refractivity contribution in [3.05, 3.63) is 29.4 Å². The van der Waals surface area contributed by atoms with Crippen molar-refractivity contribution < 1.29 is 8.42 Å². The van der Waals surface area contributed by atoms with Gasteiger partial charge in [-0.3, -0.25) is 4.98 Å². The van der Waals surface area contributed by atoms with Crippen LogP contribution in [0.4, 0.5) is 5.82 Å². The molecule has 1 fully saturated rings. The van der Waals surface area contributed by atoms with E-state index in [1.807, 2.05) is 6.07 Å². The van der Waals surface area contributed by atoms with Gasteiger partial charge in [0.1, 0.15) is 15.7 Å². The van der Waals surface area contributed by atoms with Crippen molar-refractivity contribution in [2.45, 2.75) is 18.1 Å². The summed E-state index contributed by atoms with van der Waals surface area (Å²) >= 11 is 5.91. The van der Waals surface area contributed by atoms with E-state index in [2.05, 4.69) is 15.3 Å². The molecule has 1 aliphatic carbocycles. The summed E-state index contributed by atoms with van der Waals surface area (Å²) in [5.41, 5.74) is 1.54. The average Bonchev–Trinajstić information content (AvgIpc) is 2.35. The molecule has 2 aromatic rings. The molecule has 1 aromatic carbocycles. The molecule has 112 valence electrons. The lowest BCUT2D eigenvalue weighted by Gasteiger charge is -2.33. The maximum Gasteiger partial charge on any atom is 0.150 e. The zero-order valence-corrected chi connectivity index (χ0v) is 13.2. The molecule has 21 heavy (non-hydrogen) atoms. The van der Waals surface area contributed by atoms with Crippen molar-refractivity contribution >= 4 is 38.3 Å². The Kier molecular flexibility index (Phi) is 3.75. The van der Waals surface area contributed by atoms with E-state index in [0.29, 0.717) is 16.8 Å². The zero-order chi connectivity index (χ0) is 15.0. The van der Waals surface area contributed by atoms with Crippen molar-refractivity contribution in [2.24, 2.45) is 5.92 Å². The third-order valence-corrected chi connectivity index (χ3v) is 5.71. The molecule has 3 rings (SSSR count). The second kappa shape index (κ2) is 5.42. The van der Waals surface area contributed by atoms with Gasteiger partial charge in [-0.15, -0.1) is 0 Å². The molecule has 0 atom stereocenters. The van der Waals surface area contributed by atoms with Crippen LogP contribution in [-0.2, 0) is 9.84 Å². The summed E-state index contributed by atoms with van der Waals surface area (Å²) in [5.74, 6) is 1.08. The third-order valence-electron chi connectivity index (χ3n) is 3.87. The van der Waals surface area contributed by atoms with Crippen LogP contribution in [-0.4, -0.2) is 36.4 Å². The fraction of sp³-hybridized carbons (Fsp3) is 0.429. The van der Waals surface area contributed by atoms with Crippen molar-refractivity contribution in [1.29, 1.82) is 0 Å². The molecule has 0 unspecified atom stereocenters. The van der Waals surface area contributed by atoms with Gasteiger partial charge in [0, 0.05) is 17.8 Å². The molecule has 7 heteroatoms. The lowest BCUT2D eigenvalue weighted by atomic mass is 9.85. The predicted octanol–water partition coefficient (Wildman–Crippen LogP) is 2.52. The molecule has 0 radical (unpaired) electrons. The number of fused-ring (bicyclic) bond motifs is 1. The Labute approximate surface area is 128 Å². The first kappa shape index (κ1) is 14.5. The third kappa shape index (κ3) is 3.27. The standard InChI is InChI=1S/C14H16ClN3O2S/c1-21(19,20)11-4-9(5-11)7-17-14-8-16-13-6-10(15)2-3-12(13)18-14/h2-3,6,8-9,11H,4-5,7H2,1H3,(H,17,18). The number of halogens is 1. The molecule has 1 saturated carbocycles. The van der Waals surface area contributed by atoms with Crippen LogP contribution in [0.1, 0.15) is 12.8 Å². The molecular weight excluding hydrogens is 310 g/mol. The maximum absolute atomic E-state index is 11.4. The normalized spacial score (nSPS) is 22.0. The van der Waals surface area contributed by atoms with Crippen LogP contribution in [0, 0.1) is 5.92 Å². The SMILES string of the molecule is CS(=O)(=O)C1CC(CNc2cnc3cc(Cl)ccc3n2)C1. The van der Waals surface area contributed by atoms with Crippen molar-refractivity contribution in [3.63, 3.8) is 0 Å². The summed E-state index contributed by atoms with van der Waals surface area (Å²) in [7, 11) is -2.88. The highest BCUT2D eigenvalue weighted by Gasteiger charge is 2.35. The summed E-state index contributed by atoms with van der Waals surface area (Å²) in [5, 5.41) is 3.69. The van der Waals surface area contributed by atoms with Gasteiger partial charge in [-0.05, 0) is 37.0 Å². The van der Waals surface area contributed by atoms with E-state index in [9.17, 15) is 8.42 Å². The lowest BCUT2D eigenvalue weighted by Crippen LogP contribution is -2.38. The summed E-state index contributed by atoms with van der Waals surface area (Å²) < 4.78 is 22.7. The van der Waals surface area contributed by atoms with Crippen molar-refractivity contribution in [2.75, 3.05) is 18.1 Å². The van der Waals surface area contributed by atoms with Gasteiger partial charge in [-0.2, -0.15) is 0 Å². The molecular formula is C14H16ClN3O2S. The van der Waals surface area contributed by atoms with Gasteiger partial charge in [-0.1, -0.05) is 11.6 Å². The Morgan fingerprint density at radius 3 is 2.81 bits per heavy atom. The van der Waals surface area contributed by atoms with Gasteiger partial charge < -0.3 is 5.32 Å². The van der Waals surface area contributed by atoms with Crippen LogP contribution in [0.5, 0.6) is 0 Å². The Bertz CT molecular complexity index is 773. The summed E-state index contributed by atoms with van der Waals surface area (Å²) in [6, 6.07) is 5.39. The van der Waals surface area contributed by atoms with E-state index < -0.39 is 9.84 Å². The molecule has 1 aromatic heterocycles. The van der Waals surface area contributed by atoms with E-state index >= 15 is 0 Å². The summed E-state index contributed by atoms with van der Waals surface area (Å²) in [6.07, 6.45) is 4.43. The molecule has 0 saturated heterocycles. The molecule has 1 aliphatic rings. The number of hydrogen-bond donors (Lipinski definition) is 1. The highest BCUT2D eigenvalue weighted by Crippen LogP contribution is 2.32. The summed E-state index contributed by atoms with van der Waals surface area (Å²) in [4.78, 5) is 8.78. The first-order valence-electron chi connectivity index (χ1n) is 6.77. The Balaban J connectivity index is 1.61. The minimum atomic E-state index is -2.88. The number of nitrogens with one attached hydrogen (secondary N) is 1. The number of anilines is 1. The van der Waals surface area contributed by atoms with Crippen molar-refractivity contribution in [3.8, 4) is 0 Å². The van der Waals surface area contributed by atoms with Crippen LogP contribution >= 0.6 is 11.6 Å². The number of sulfone groups is 1. The number of rotatable bonds is 4. The maximum atomic E-state index is 11.4. The fourth-order valence-corrected chi connectivity index (χ4v) is 3.92. The highest BCUT2D eigenvalue weighted by atomic mass is 35.5. The monoisotopic (exact) mass is 325 g/mol. The Morgan fingerprint density at radius 1 is 1.33 bits per heavy atom. The van der Waals surface area contributed by atoms with Gasteiger partial charge in [0.15, 0.2) is 0 Å². The second-order valence-electron chi connectivity index (χ2n) is 5.56. The molecule has 1 heterocycles. The quantitative estimate of drug-likeness (QED) is 0.935. The molecule has 0 spiro atoms. The molecule has 5 nitrogen and oxygen atoms in total. The van der Waals surface area contributed by atoms with Crippen molar-refractivity contribution in [1.82, 2.24) is 9.97 Å². The molecule has 0 amide bonds. The molecule has 1 N–H and O–H groups in total. The van der Waals surface area contributed by atoms with Crippen LogP contribution < -0.4 is 5.32 Å². The average molecular weight is 326 g/mol. The minimum Gasteiger partial charge on any atom is -0.368 e. The van der Waals surface area contributed by atoms with Crippen LogP contribution in [0.3, 0.4) is 0 Å². The first-order valence-corrected chi connectivity index (χ1v) is 9.10. The van der Waals surface area contributed by atoms with E-state index in [-0.39, 0.29) is 5.25 Å². The van der Waals surface area contributed by atoms with Crippen LogP contribution in [0.25, 0.3) is 11.0 Å². The van der Waals surface area contributed by atoms with E-state index in [4.69, 9.17) is 11.6 Å². The minimum absolute atomic E-state index is 0.172. The summed E-state index contributed by atoms with van der Waals surface area (Å²) in [6.45, 7) is 0.722. The van der Waals surface area contributed by atoms with E-state index in [0.717, 1.165) is 30.4 Å². The van der Waals surface area contributed by atoms with Gasteiger partial charge in [0.25, 0.3) is 0 Å². The number of aromatic nitrogens is 2. The largest absolute Gasteiger partial charge is 0.368 e. The first-order chi connectivity index (χ1) is 9.91. The number of hydrogen-bond acceptors (Lipinski definition) is 5. The van der Waals surface area contributed by atoms with Crippen LogP contribution in [0.15, 0.2) is 24.4 Å². The Morgan fingerprint density at radius 2 is 2.10 bits per heavy atom. The zero-order valence-electron chi connectivity index (χ0n) is 11.6. The highest BCUT2D eigenvalue weighted by molar-refractivity contribution is 7.91. The Hall–Kier alpha value is -1.40.